The number of rotatable bonds is 4. The van der Waals surface area contributed by atoms with E-state index in [1.807, 2.05) is 26.8 Å². The third kappa shape index (κ3) is 3.14. The standard InChI is InChI=1S/C18H22ClN3.C2H6/c1-12-6-17-14(8-16(12)19)7-15(21-17)9-20-13(2)22-10-18(11-22)4-3-5-18;1-2/h6-8,20-21H,2-5,9-11H2,1H3;1-2H3. The predicted octanol–water partition coefficient (Wildman–Crippen LogP) is 5.20. The molecule has 130 valence electrons. The number of benzene rings is 1. The van der Waals surface area contributed by atoms with Crippen LogP contribution in [0.4, 0.5) is 0 Å². The van der Waals surface area contributed by atoms with Crippen molar-refractivity contribution in [3.05, 3.63) is 46.9 Å². The van der Waals surface area contributed by atoms with Gasteiger partial charge in [0.05, 0.1) is 12.4 Å². The van der Waals surface area contributed by atoms with E-state index < -0.39 is 0 Å². The quantitative estimate of drug-likeness (QED) is 0.797. The fourth-order valence-electron chi connectivity index (χ4n) is 3.67. The number of H-pyrrole nitrogens is 1. The van der Waals surface area contributed by atoms with Gasteiger partial charge in [0.2, 0.25) is 0 Å². The zero-order chi connectivity index (χ0) is 17.3. The van der Waals surface area contributed by atoms with Gasteiger partial charge in [-0.1, -0.05) is 38.4 Å². The smallest absolute Gasteiger partial charge is 0.0942 e. The molecule has 24 heavy (non-hydrogen) atoms. The van der Waals surface area contributed by atoms with Crippen LogP contribution in [0.25, 0.3) is 10.9 Å². The second-order valence-electron chi connectivity index (χ2n) is 6.99. The van der Waals surface area contributed by atoms with E-state index in [-0.39, 0.29) is 0 Å². The van der Waals surface area contributed by atoms with Crippen molar-refractivity contribution >= 4 is 22.5 Å². The Morgan fingerprint density at radius 2 is 2.00 bits per heavy atom. The molecular weight excluding hydrogens is 318 g/mol. The molecule has 1 aliphatic heterocycles. The highest BCUT2D eigenvalue weighted by atomic mass is 35.5. The topological polar surface area (TPSA) is 31.1 Å². The summed E-state index contributed by atoms with van der Waals surface area (Å²) in [5, 5.41) is 5.43. The lowest BCUT2D eigenvalue weighted by atomic mass is 9.63. The Balaban J connectivity index is 0.000000815. The molecule has 2 heterocycles. The van der Waals surface area contributed by atoms with Crippen LogP contribution in [0.3, 0.4) is 0 Å². The molecule has 0 unspecified atom stereocenters. The van der Waals surface area contributed by atoms with Gasteiger partial charge in [0.15, 0.2) is 0 Å². The summed E-state index contributed by atoms with van der Waals surface area (Å²) in [7, 11) is 0. The largest absolute Gasteiger partial charge is 0.367 e. The second-order valence-corrected chi connectivity index (χ2v) is 7.40. The molecule has 1 aromatic heterocycles. The molecule has 0 amide bonds. The molecule has 2 fully saturated rings. The molecular formula is C20H28ClN3. The number of likely N-dealkylation sites (tertiary alicyclic amines) is 1. The predicted molar refractivity (Wildman–Crippen MR) is 103 cm³/mol. The second kappa shape index (κ2) is 6.72. The molecule has 2 aromatic rings. The molecule has 0 radical (unpaired) electrons. The van der Waals surface area contributed by atoms with Crippen molar-refractivity contribution < 1.29 is 0 Å². The van der Waals surface area contributed by atoms with Crippen LogP contribution in [0.15, 0.2) is 30.6 Å². The van der Waals surface area contributed by atoms with Crippen LogP contribution in [0, 0.1) is 12.3 Å². The highest BCUT2D eigenvalue weighted by molar-refractivity contribution is 6.32. The van der Waals surface area contributed by atoms with E-state index in [0.717, 1.165) is 39.5 Å². The molecule has 0 atom stereocenters. The lowest BCUT2D eigenvalue weighted by Crippen LogP contribution is -2.60. The number of aromatic amines is 1. The first-order chi connectivity index (χ1) is 11.5. The fourth-order valence-corrected chi connectivity index (χ4v) is 3.85. The maximum atomic E-state index is 6.19. The number of aryl methyl sites for hydroxylation is 1. The van der Waals surface area contributed by atoms with E-state index >= 15 is 0 Å². The van der Waals surface area contributed by atoms with Crippen LogP contribution < -0.4 is 5.32 Å². The first-order valence-corrected chi connectivity index (χ1v) is 9.38. The van der Waals surface area contributed by atoms with Gasteiger partial charge < -0.3 is 15.2 Å². The van der Waals surface area contributed by atoms with Crippen molar-refractivity contribution in [2.24, 2.45) is 5.41 Å². The zero-order valence-corrected chi connectivity index (χ0v) is 15.8. The van der Waals surface area contributed by atoms with E-state index in [2.05, 4.69) is 33.9 Å². The van der Waals surface area contributed by atoms with Crippen molar-refractivity contribution in [3.8, 4) is 0 Å². The average molecular weight is 346 g/mol. The van der Waals surface area contributed by atoms with E-state index in [1.165, 1.54) is 32.4 Å². The van der Waals surface area contributed by atoms with Gasteiger partial charge >= 0.3 is 0 Å². The van der Waals surface area contributed by atoms with Gasteiger partial charge in [0, 0.05) is 40.1 Å². The summed E-state index contributed by atoms with van der Waals surface area (Å²) in [6.07, 6.45) is 4.21. The van der Waals surface area contributed by atoms with E-state index in [0.29, 0.717) is 5.41 Å². The molecule has 3 nitrogen and oxygen atoms in total. The highest BCUT2D eigenvalue weighted by Crippen LogP contribution is 2.48. The summed E-state index contributed by atoms with van der Waals surface area (Å²) in [5.74, 6) is 1.05. The number of aromatic nitrogens is 1. The van der Waals surface area contributed by atoms with Gasteiger partial charge in [-0.05, 0) is 43.5 Å². The van der Waals surface area contributed by atoms with Gasteiger partial charge in [-0.2, -0.15) is 0 Å². The first kappa shape index (κ1) is 17.2. The van der Waals surface area contributed by atoms with Crippen LogP contribution in [0.2, 0.25) is 5.02 Å². The lowest BCUT2D eigenvalue weighted by molar-refractivity contribution is -0.0423. The molecule has 1 aromatic carbocycles. The number of halogens is 1. The van der Waals surface area contributed by atoms with Crippen molar-refractivity contribution in [3.63, 3.8) is 0 Å². The van der Waals surface area contributed by atoms with E-state index in [9.17, 15) is 0 Å². The van der Waals surface area contributed by atoms with Crippen LogP contribution >= 0.6 is 11.6 Å². The Labute approximate surface area is 150 Å². The van der Waals surface area contributed by atoms with Crippen LogP contribution in [0.1, 0.15) is 44.4 Å². The number of nitrogens with one attached hydrogen (secondary N) is 2. The summed E-state index contributed by atoms with van der Waals surface area (Å²) < 4.78 is 0. The van der Waals surface area contributed by atoms with Gasteiger partial charge in [-0.25, -0.2) is 0 Å². The van der Waals surface area contributed by atoms with Crippen molar-refractivity contribution in [1.82, 2.24) is 15.2 Å². The average Bonchev–Trinajstić information content (AvgIpc) is 2.86. The Bertz CT molecular complexity index is 696. The molecule has 4 heteroatoms. The van der Waals surface area contributed by atoms with Gasteiger partial charge in [0.25, 0.3) is 0 Å². The van der Waals surface area contributed by atoms with Gasteiger partial charge in [0.1, 0.15) is 0 Å². The SMILES string of the molecule is C=C(NCc1cc2cc(Cl)c(C)cc2[nH]1)N1CC2(CCC2)C1.CC. The molecule has 1 saturated heterocycles. The van der Waals surface area contributed by atoms with Gasteiger partial charge in [-0.3, -0.25) is 0 Å². The molecule has 2 aliphatic rings. The Hall–Kier alpha value is -1.61. The summed E-state index contributed by atoms with van der Waals surface area (Å²) in [6.45, 7) is 13.3. The molecule has 0 bridgehead atoms. The Kier molecular flexibility index (Phi) is 4.82. The van der Waals surface area contributed by atoms with Crippen LogP contribution in [-0.4, -0.2) is 23.0 Å². The Morgan fingerprint density at radius 1 is 1.29 bits per heavy atom. The van der Waals surface area contributed by atoms with Gasteiger partial charge in [-0.15, -0.1) is 0 Å². The number of hydrogen-bond donors (Lipinski definition) is 2. The first-order valence-electron chi connectivity index (χ1n) is 9.00. The minimum atomic E-state index is 0.639. The Morgan fingerprint density at radius 3 is 2.62 bits per heavy atom. The minimum Gasteiger partial charge on any atom is -0.367 e. The molecule has 1 aliphatic carbocycles. The minimum absolute atomic E-state index is 0.639. The van der Waals surface area contributed by atoms with E-state index in [4.69, 9.17) is 11.6 Å². The van der Waals surface area contributed by atoms with Crippen molar-refractivity contribution in [2.75, 3.05) is 13.1 Å². The zero-order valence-electron chi connectivity index (χ0n) is 15.0. The van der Waals surface area contributed by atoms with Crippen LogP contribution in [-0.2, 0) is 6.54 Å². The van der Waals surface area contributed by atoms with Crippen LogP contribution in [0.5, 0.6) is 0 Å². The maximum Gasteiger partial charge on any atom is 0.0942 e. The highest BCUT2D eigenvalue weighted by Gasteiger charge is 2.47. The maximum absolute atomic E-state index is 6.19. The molecule has 1 spiro atoms. The van der Waals surface area contributed by atoms with E-state index in [1.54, 1.807) is 0 Å². The summed E-state index contributed by atoms with van der Waals surface area (Å²) in [6, 6.07) is 6.28. The summed E-state index contributed by atoms with van der Waals surface area (Å²) >= 11 is 6.19. The molecule has 2 N–H and O–H groups in total. The molecule has 4 rings (SSSR count). The number of hydrogen-bond acceptors (Lipinski definition) is 2. The summed E-state index contributed by atoms with van der Waals surface area (Å²) in [5.41, 5.74) is 4.05. The monoisotopic (exact) mass is 345 g/mol. The third-order valence-corrected chi connectivity index (χ3v) is 5.69. The fraction of sp³-hybridized carbons (Fsp3) is 0.500. The summed E-state index contributed by atoms with van der Waals surface area (Å²) in [4.78, 5) is 5.82. The number of fused-ring (bicyclic) bond motifs is 1. The van der Waals surface area contributed by atoms with Crippen molar-refractivity contribution in [1.29, 1.82) is 0 Å². The van der Waals surface area contributed by atoms with Crippen molar-refractivity contribution in [2.45, 2.75) is 46.6 Å². The normalized spacial score (nSPS) is 17.8. The third-order valence-electron chi connectivity index (χ3n) is 5.29. The molecule has 1 saturated carbocycles. The lowest BCUT2D eigenvalue weighted by Gasteiger charge is -2.57. The number of nitrogens with zero attached hydrogens (tertiary/aromatic N) is 1.